The summed E-state index contributed by atoms with van der Waals surface area (Å²) < 4.78 is 0. The zero-order valence-electron chi connectivity index (χ0n) is 7.66. The Bertz CT molecular complexity index is 204. The van der Waals surface area contributed by atoms with E-state index in [0.29, 0.717) is 5.92 Å². The molecule has 1 aromatic heterocycles. The maximum atomic E-state index is 6.08. The van der Waals surface area contributed by atoms with Gasteiger partial charge in [0.15, 0.2) is 0 Å². The highest BCUT2D eigenvalue weighted by Gasteiger charge is 2.16. The summed E-state index contributed by atoms with van der Waals surface area (Å²) in [6.07, 6.45) is 4.18. The average molecular weight is 184 g/mol. The maximum Gasteiger partial charge on any atom is 0.0794 e. The second-order valence-electron chi connectivity index (χ2n) is 3.01. The Hall–Kier alpha value is -0.410. The molecule has 0 amide bonds. The first-order chi connectivity index (χ1) is 5.79. The molecule has 2 nitrogen and oxygen atoms in total. The van der Waals surface area contributed by atoms with E-state index in [9.17, 15) is 0 Å². The number of nitrogens with zero attached hydrogens (tertiary/aromatic N) is 1. The summed E-state index contributed by atoms with van der Waals surface area (Å²) in [6, 6.07) is 0.187. The Morgan fingerprint density at radius 3 is 2.58 bits per heavy atom. The normalized spacial score (nSPS) is 13.7. The minimum Gasteiger partial charge on any atom is -0.323 e. The fraction of sp³-hybridized carbons (Fsp3) is 0.667. The highest BCUT2D eigenvalue weighted by Crippen LogP contribution is 2.26. The highest BCUT2D eigenvalue weighted by atomic mass is 32.1. The number of rotatable bonds is 4. The number of hydrogen-bond donors (Lipinski definition) is 1. The molecule has 1 atom stereocenters. The van der Waals surface area contributed by atoms with Gasteiger partial charge in [0.05, 0.1) is 5.51 Å². The Balaban J connectivity index is 2.63. The first-order valence-corrected chi connectivity index (χ1v) is 5.31. The van der Waals surface area contributed by atoms with E-state index in [0.717, 1.165) is 12.8 Å². The third kappa shape index (κ3) is 2.05. The molecule has 0 aliphatic heterocycles. The molecule has 0 fully saturated rings. The van der Waals surface area contributed by atoms with E-state index in [-0.39, 0.29) is 6.04 Å². The molecule has 0 saturated carbocycles. The topological polar surface area (TPSA) is 38.9 Å². The number of thiazole rings is 1. The highest BCUT2D eigenvalue weighted by molar-refractivity contribution is 7.09. The fourth-order valence-electron chi connectivity index (χ4n) is 1.42. The lowest BCUT2D eigenvalue weighted by Crippen LogP contribution is -2.19. The van der Waals surface area contributed by atoms with Gasteiger partial charge in [0.1, 0.15) is 0 Å². The third-order valence-electron chi connectivity index (χ3n) is 2.34. The third-order valence-corrected chi connectivity index (χ3v) is 3.21. The van der Waals surface area contributed by atoms with Crippen molar-refractivity contribution in [3.63, 3.8) is 0 Å². The molecule has 0 spiro atoms. The van der Waals surface area contributed by atoms with E-state index in [1.165, 1.54) is 4.88 Å². The molecule has 1 heterocycles. The predicted octanol–water partition coefficient (Wildman–Crippen LogP) is 2.58. The zero-order chi connectivity index (χ0) is 8.97. The first kappa shape index (κ1) is 9.68. The van der Waals surface area contributed by atoms with Gasteiger partial charge in [-0.05, 0) is 5.92 Å². The SMILES string of the molecule is CCC(CC)C(N)c1cncs1. The molecule has 1 unspecified atom stereocenters. The van der Waals surface area contributed by atoms with Crippen molar-refractivity contribution in [2.75, 3.05) is 0 Å². The van der Waals surface area contributed by atoms with Crippen LogP contribution in [0.4, 0.5) is 0 Å². The van der Waals surface area contributed by atoms with E-state index < -0.39 is 0 Å². The van der Waals surface area contributed by atoms with Crippen LogP contribution in [0.3, 0.4) is 0 Å². The van der Waals surface area contributed by atoms with Gasteiger partial charge in [0.25, 0.3) is 0 Å². The van der Waals surface area contributed by atoms with Gasteiger partial charge in [-0.25, -0.2) is 0 Å². The molecule has 0 aromatic carbocycles. The van der Waals surface area contributed by atoms with Crippen LogP contribution in [0.1, 0.15) is 37.6 Å². The van der Waals surface area contributed by atoms with Crippen LogP contribution in [0.5, 0.6) is 0 Å². The van der Waals surface area contributed by atoms with Crippen molar-refractivity contribution >= 4 is 11.3 Å². The quantitative estimate of drug-likeness (QED) is 0.781. The Morgan fingerprint density at radius 2 is 2.17 bits per heavy atom. The summed E-state index contributed by atoms with van der Waals surface area (Å²) in [4.78, 5) is 5.24. The van der Waals surface area contributed by atoms with Gasteiger partial charge in [-0.3, -0.25) is 4.98 Å². The van der Waals surface area contributed by atoms with Crippen molar-refractivity contribution < 1.29 is 0 Å². The van der Waals surface area contributed by atoms with Gasteiger partial charge >= 0.3 is 0 Å². The van der Waals surface area contributed by atoms with Crippen LogP contribution in [0.15, 0.2) is 11.7 Å². The van der Waals surface area contributed by atoms with E-state index in [1.54, 1.807) is 11.3 Å². The number of aromatic nitrogens is 1. The molecule has 3 heteroatoms. The van der Waals surface area contributed by atoms with Crippen molar-refractivity contribution in [3.8, 4) is 0 Å². The van der Waals surface area contributed by atoms with Gasteiger partial charge in [0.2, 0.25) is 0 Å². The van der Waals surface area contributed by atoms with Gasteiger partial charge in [-0.15, -0.1) is 11.3 Å². The first-order valence-electron chi connectivity index (χ1n) is 4.43. The largest absolute Gasteiger partial charge is 0.323 e. The molecule has 68 valence electrons. The summed E-state index contributed by atoms with van der Waals surface area (Å²) >= 11 is 1.65. The molecule has 2 N–H and O–H groups in total. The van der Waals surface area contributed by atoms with Crippen LogP contribution >= 0.6 is 11.3 Å². The smallest absolute Gasteiger partial charge is 0.0794 e. The van der Waals surface area contributed by atoms with Crippen LogP contribution < -0.4 is 5.73 Å². The lowest BCUT2D eigenvalue weighted by atomic mass is 9.94. The molecule has 0 aliphatic carbocycles. The lowest BCUT2D eigenvalue weighted by molar-refractivity contribution is 0.409. The molecule has 0 aliphatic rings. The molecule has 0 saturated heterocycles. The van der Waals surface area contributed by atoms with Crippen molar-refractivity contribution in [1.82, 2.24) is 4.98 Å². The summed E-state index contributed by atoms with van der Waals surface area (Å²) in [5.74, 6) is 0.602. The van der Waals surface area contributed by atoms with E-state index in [2.05, 4.69) is 18.8 Å². The van der Waals surface area contributed by atoms with Crippen molar-refractivity contribution in [2.45, 2.75) is 32.7 Å². The minimum atomic E-state index is 0.187. The van der Waals surface area contributed by atoms with Crippen LogP contribution in [0, 0.1) is 5.92 Å². The summed E-state index contributed by atoms with van der Waals surface area (Å²) in [5.41, 5.74) is 7.92. The molecule has 0 bridgehead atoms. The minimum absolute atomic E-state index is 0.187. The lowest BCUT2D eigenvalue weighted by Gasteiger charge is -2.18. The number of nitrogens with two attached hydrogens (primary N) is 1. The molecular formula is C9H16N2S. The maximum absolute atomic E-state index is 6.08. The van der Waals surface area contributed by atoms with E-state index in [1.807, 2.05) is 11.7 Å². The Labute approximate surface area is 77.8 Å². The fourth-order valence-corrected chi connectivity index (χ4v) is 2.13. The molecule has 0 radical (unpaired) electrons. The van der Waals surface area contributed by atoms with Crippen molar-refractivity contribution in [2.24, 2.45) is 11.7 Å². The average Bonchev–Trinajstić information content (AvgIpc) is 2.58. The second-order valence-corrected chi connectivity index (χ2v) is 3.92. The van der Waals surface area contributed by atoms with Gasteiger partial charge in [-0.1, -0.05) is 26.7 Å². The standard InChI is InChI=1S/C9H16N2S/c1-3-7(4-2)9(10)8-5-11-6-12-8/h5-7,9H,3-4,10H2,1-2H3. The zero-order valence-corrected chi connectivity index (χ0v) is 8.47. The van der Waals surface area contributed by atoms with Gasteiger partial charge in [-0.2, -0.15) is 0 Å². The molecule has 1 rings (SSSR count). The van der Waals surface area contributed by atoms with Crippen LogP contribution in [0.2, 0.25) is 0 Å². The summed E-state index contributed by atoms with van der Waals surface area (Å²) in [5, 5.41) is 0. The Morgan fingerprint density at radius 1 is 1.50 bits per heavy atom. The van der Waals surface area contributed by atoms with Crippen molar-refractivity contribution in [1.29, 1.82) is 0 Å². The number of hydrogen-bond acceptors (Lipinski definition) is 3. The van der Waals surface area contributed by atoms with Crippen LogP contribution in [0.25, 0.3) is 0 Å². The second kappa shape index (κ2) is 4.58. The van der Waals surface area contributed by atoms with E-state index in [4.69, 9.17) is 5.73 Å². The van der Waals surface area contributed by atoms with Crippen molar-refractivity contribution in [3.05, 3.63) is 16.6 Å². The summed E-state index contributed by atoms with van der Waals surface area (Å²) in [7, 11) is 0. The van der Waals surface area contributed by atoms with E-state index >= 15 is 0 Å². The molecule has 1 aromatic rings. The van der Waals surface area contributed by atoms with Crippen LogP contribution in [-0.4, -0.2) is 4.98 Å². The Kier molecular flexibility index (Phi) is 3.69. The van der Waals surface area contributed by atoms with Gasteiger partial charge in [0, 0.05) is 17.1 Å². The van der Waals surface area contributed by atoms with Crippen LogP contribution in [-0.2, 0) is 0 Å². The predicted molar refractivity (Wildman–Crippen MR) is 53.1 cm³/mol. The summed E-state index contributed by atoms with van der Waals surface area (Å²) in [6.45, 7) is 4.38. The molecule has 12 heavy (non-hydrogen) atoms. The molecular weight excluding hydrogens is 168 g/mol. The van der Waals surface area contributed by atoms with Gasteiger partial charge < -0.3 is 5.73 Å². The monoisotopic (exact) mass is 184 g/mol.